The van der Waals surface area contributed by atoms with Gasteiger partial charge in [-0.15, -0.1) is 5.10 Å². The van der Waals surface area contributed by atoms with Gasteiger partial charge in [0.25, 0.3) is 0 Å². The molecule has 0 radical (unpaired) electrons. The maximum absolute atomic E-state index is 12.1. The van der Waals surface area contributed by atoms with Gasteiger partial charge < -0.3 is 14.2 Å². The summed E-state index contributed by atoms with van der Waals surface area (Å²) < 4.78 is 16.6. The van der Waals surface area contributed by atoms with Crippen molar-refractivity contribution in [3.8, 4) is 22.8 Å². The molecule has 29 heavy (non-hydrogen) atoms. The predicted octanol–water partition coefficient (Wildman–Crippen LogP) is 4.93. The van der Waals surface area contributed by atoms with Crippen LogP contribution < -0.4 is 9.47 Å². The number of hydrogen-bond acceptors (Lipinski definition) is 6. The van der Waals surface area contributed by atoms with E-state index in [4.69, 9.17) is 37.4 Å². The molecule has 3 aromatic rings. The Morgan fingerprint density at radius 1 is 1.00 bits per heavy atom. The van der Waals surface area contributed by atoms with Crippen LogP contribution >= 0.6 is 23.2 Å². The van der Waals surface area contributed by atoms with Crippen LogP contribution in [0.2, 0.25) is 10.0 Å². The highest BCUT2D eigenvalue weighted by molar-refractivity contribution is 6.35. The summed E-state index contributed by atoms with van der Waals surface area (Å²) in [6, 6.07) is 10.5. The Kier molecular flexibility index (Phi) is 6.95. The van der Waals surface area contributed by atoms with E-state index < -0.39 is 5.97 Å². The molecule has 7 nitrogen and oxygen atoms in total. The molecule has 0 amide bonds. The summed E-state index contributed by atoms with van der Waals surface area (Å²) in [5.41, 5.74) is 1.92. The van der Waals surface area contributed by atoms with E-state index in [1.54, 1.807) is 43.3 Å². The molecule has 152 valence electrons. The highest BCUT2D eigenvalue weighted by atomic mass is 35.5. The maximum atomic E-state index is 12.1. The van der Waals surface area contributed by atoms with Crippen LogP contribution in [0.25, 0.3) is 11.3 Å². The van der Waals surface area contributed by atoms with Crippen LogP contribution in [0.3, 0.4) is 0 Å². The van der Waals surface area contributed by atoms with Gasteiger partial charge in [0.05, 0.1) is 13.2 Å². The third-order valence-electron chi connectivity index (χ3n) is 3.93. The Hall–Kier alpha value is -2.77. The van der Waals surface area contributed by atoms with Crippen LogP contribution in [0.4, 0.5) is 0 Å². The van der Waals surface area contributed by atoms with Crippen molar-refractivity contribution in [1.82, 2.24) is 15.4 Å². The van der Waals surface area contributed by atoms with Crippen molar-refractivity contribution in [2.24, 2.45) is 0 Å². The molecule has 0 aliphatic heterocycles. The van der Waals surface area contributed by atoms with E-state index >= 15 is 0 Å². The van der Waals surface area contributed by atoms with E-state index in [0.29, 0.717) is 39.4 Å². The van der Waals surface area contributed by atoms with Crippen LogP contribution in [-0.2, 0) is 11.3 Å². The second-order valence-corrected chi connectivity index (χ2v) is 6.70. The van der Waals surface area contributed by atoms with Gasteiger partial charge in [-0.3, -0.25) is 0 Å². The van der Waals surface area contributed by atoms with Crippen molar-refractivity contribution in [1.29, 1.82) is 0 Å². The molecule has 0 spiro atoms. The van der Waals surface area contributed by atoms with E-state index in [-0.39, 0.29) is 18.9 Å². The predicted molar refractivity (Wildman–Crippen MR) is 110 cm³/mol. The van der Waals surface area contributed by atoms with Crippen LogP contribution in [0.15, 0.2) is 36.4 Å². The molecule has 0 bridgehead atoms. The normalized spacial score (nSPS) is 10.6. The fraction of sp³-hybridized carbons (Fsp3) is 0.250. The fourth-order valence-electron chi connectivity index (χ4n) is 2.61. The number of hydrogen-bond donors (Lipinski definition) is 1. The van der Waals surface area contributed by atoms with Crippen LogP contribution in [0.1, 0.15) is 29.9 Å². The maximum Gasteiger partial charge on any atom is 0.361 e. The average molecular weight is 436 g/mol. The number of esters is 1. The zero-order valence-corrected chi connectivity index (χ0v) is 17.4. The molecule has 1 heterocycles. The summed E-state index contributed by atoms with van der Waals surface area (Å²) in [6.45, 7) is 4.52. The lowest BCUT2D eigenvalue weighted by Crippen LogP contribution is -2.07. The Labute approximate surface area is 177 Å². The van der Waals surface area contributed by atoms with E-state index in [1.807, 2.05) is 6.92 Å². The lowest BCUT2D eigenvalue weighted by atomic mass is 10.1. The average Bonchev–Trinajstić information content (AvgIpc) is 3.18. The number of aromatic nitrogens is 3. The topological polar surface area (TPSA) is 86.3 Å². The molecule has 0 atom stereocenters. The molecule has 1 aromatic heterocycles. The Morgan fingerprint density at radius 2 is 1.83 bits per heavy atom. The summed E-state index contributed by atoms with van der Waals surface area (Å²) in [6.07, 6.45) is 0. The number of carbonyl (C=O) groups excluding carboxylic acids is 1. The second kappa shape index (κ2) is 9.62. The van der Waals surface area contributed by atoms with Crippen molar-refractivity contribution in [3.63, 3.8) is 0 Å². The highest BCUT2D eigenvalue weighted by Gasteiger charge is 2.20. The van der Waals surface area contributed by atoms with Crippen LogP contribution in [0.5, 0.6) is 11.5 Å². The number of nitrogens with one attached hydrogen (secondary N) is 1. The van der Waals surface area contributed by atoms with Crippen molar-refractivity contribution >= 4 is 29.2 Å². The molecule has 1 N–H and O–H groups in total. The van der Waals surface area contributed by atoms with Crippen LogP contribution in [-0.4, -0.2) is 34.6 Å². The summed E-state index contributed by atoms with van der Waals surface area (Å²) in [5.74, 6) is 0.489. The second-order valence-electron chi connectivity index (χ2n) is 5.86. The molecule has 0 aliphatic rings. The minimum Gasteiger partial charge on any atom is -0.490 e. The standard InChI is InChI=1S/C20H19Cl2N3O4/c1-3-27-17-9-12(18-19(24-25-23-18)20(26)28-4-2)6-8-16(17)29-11-13-5-7-14(21)10-15(13)22/h5-10H,3-4,11H2,1-2H3,(H,23,24,25). The van der Waals surface area contributed by atoms with Gasteiger partial charge in [-0.1, -0.05) is 29.3 Å². The third kappa shape index (κ3) is 4.99. The Morgan fingerprint density at radius 3 is 2.55 bits per heavy atom. The van der Waals surface area contributed by atoms with Gasteiger partial charge in [-0.05, 0) is 44.2 Å². The lowest BCUT2D eigenvalue weighted by molar-refractivity contribution is 0.0520. The zero-order chi connectivity index (χ0) is 20.8. The van der Waals surface area contributed by atoms with Crippen molar-refractivity contribution in [2.45, 2.75) is 20.5 Å². The third-order valence-corrected chi connectivity index (χ3v) is 4.52. The monoisotopic (exact) mass is 435 g/mol. The first-order valence-corrected chi connectivity index (χ1v) is 9.70. The van der Waals surface area contributed by atoms with Gasteiger partial charge in [0.1, 0.15) is 12.3 Å². The number of rotatable bonds is 8. The van der Waals surface area contributed by atoms with Gasteiger partial charge in [-0.2, -0.15) is 10.3 Å². The molecule has 0 fully saturated rings. The summed E-state index contributed by atoms with van der Waals surface area (Å²) in [5, 5.41) is 11.5. The number of ether oxygens (including phenoxy) is 3. The largest absolute Gasteiger partial charge is 0.490 e. The molecule has 9 heteroatoms. The van der Waals surface area contributed by atoms with Gasteiger partial charge in [-0.25, -0.2) is 4.79 Å². The summed E-state index contributed by atoms with van der Waals surface area (Å²) in [7, 11) is 0. The molecule has 3 rings (SSSR count). The van der Waals surface area contributed by atoms with Gasteiger partial charge in [0.2, 0.25) is 0 Å². The van der Waals surface area contributed by atoms with Crippen molar-refractivity contribution in [2.75, 3.05) is 13.2 Å². The molecular formula is C20H19Cl2N3O4. The number of H-pyrrole nitrogens is 1. The van der Waals surface area contributed by atoms with Crippen LogP contribution in [0, 0.1) is 0 Å². The SMILES string of the molecule is CCOC(=O)c1n[nH]nc1-c1ccc(OCc2ccc(Cl)cc2Cl)c(OCC)c1. The number of benzene rings is 2. The van der Waals surface area contributed by atoms with E-state index in [9.17, 15) is 4.79 Å². The minimum atomic E-state index is -0.549. The quantitative estimate of drug-likeness (QED) is 0.504. The molecule has 0 unspecified atom stereocenters. The Bertz CT molecular complexity index is 1010. The number of carbonyl (C=O) groups is 1. The zero-order valence-electron chi connectivity index (χ0n) is 15.9. The summed E-state index contributed by atoms with van der Waals surface area (Å²) >= 11 is 12.1. The lowest BCUT2D eigenvalue weighted by Gasteiger charge is -2.14. The fourth-order valence-corrected chi connectivity index (χ4v) is 3.07. The first-order chi connectivity index (χ1) is 14.0. The van der Waals surface area contributed by atoms with Crippen molar-refractivity contribution in [3.05, 3.63) is 57.7 Å². The summed E-state index contributed by atoms with van der Waals surface area (Å²) in [4.78, 5) is 12.1. The first-order valence-electron chi connectivity index (χ1n) is 8.95. The van der Waals surface area contributed by atoms with Gasteiger partial charge in [0.15, 0.2) is 17.2 Å². The number of halogens is 2. The first kappa shape index (κ1) is 21.0. The van der Waals surface area contributed by atoms with Gasteiger partial charge in [0, 0.05) is 21.2 Å². The molecule has 2 aromatic carbocycles. The number of nitrogens with zero attached hydrogens (tertiary/aromatic N) is 2. The van der Waals surface area contributed by atoms with E-state index in [0.717, 1.165) is 5.56 Å². The molecule has 0 aliphatic carbocycles. The van der Waals surface area contributed by atoms with Gasteiger partial charge >= 0.3 is 5.97 Å². The highest BCUT2D eigenvalue weighted by Crippen LogP contribution is 2.34. The Balaban J connectivity index is 1.86. The minimum absolute atomic E-state index is 0.107. The van der Waals surface area contributed by atoms with E-state index in [2.05, 4.69) is 15.4 Å². The smallest absolute Gasteiger partial charge is 0.361 e. The molecular weight excluding hydrogens is 417 g/mol. The molecule has 0 saturated heterocycles. The van der Waals surface area contributed by atoms with Crippen molar-refractivity contribution < 1.29 is 19.0 Å². The number of aromatic amines is 1. The van der Waals surface area contributed by atoms with E-state index in [1.165, 1.54) is 0 Å². The molecule has 0 saturated carbocycles.